The van der Waals surface area contributed by atoms with E-state index in [-0.39, 0.29) is 23.6 Å². The Bertz CT molecular complexity index is 677. The molecule has 0 spiro atoms. The second-order valence-corrected chi connectivity index (χ2v) is 8.31. The Morgan fingerprint density at radius 2 is 2.16 bits per heavy atom. The molecule has 1 fully saturated rings. The molecule has 1 N–H and O–H groups in total. The van der Waals surface area contributed by atoms with Crippen molar-refractivity contribution in [3.8, 4) is 5.75 Å². The van der Waals surface area contributed by atoms with Gasteiger partial charge < -0.3 is 19.7 Å². The Hall–Kier alpha value is -1.80. The number of benzene rings is 1. The summed E-state index contributed by atoms with van der Waals surface area (Å²) in [6.07, 6.45) is 1.15. The van der Waals surface area contributed by atoms with Gasteiger partial charge in [-0.3, -0.25) is 0 Å². The molecule has 7 nitrogen and oxygen atoms in total. The van der Waals surface area contributed by atoms with Gasteiger partial charge in [-0.1, -0.05) is 12.1 Å². The first-order valence-electron chi connectivity index (χ1n) is 8.32. The van der Waals surface area contributed by atoms with Gasteiger partial charge in [-0.25, -0.2) is 13.2 Å². The molecule has 1 aromatic rings. The lowest BCUT2D eigenvalue weighted by atomic mass is 10.1. The van der Waals surface area contributed by atoms with E-state index in [1.807, 2.05) is 24.3 Å². The van der Waals surface area contributed by atoms with Crippen LogP contribution in [-0.2, 0) is 21.0 Å². The van der Waals surface area contributed by atoms with Crippen molar-refractivity contribution in [1.82, 2.24) is 10.2 Å². The van der Waals surface area contributed by atoms with Crippen LogP contribution in [0.15, 0.2) is 24.3 Å². The lowest BCUT2D eigenvalue weighted by Gasteiger charge is -2.28. The van der Waals surface area contributed by atoms with E-state index < -0.39 is 9.84 Å². The number of amides is 2. The zero-order valence-corrected chi connectivity index (χ0v) is 15.5. The van der Waals surface area contributed by atoms with Crippen molar-refractivity contribution < 1.29 is 22.7 Å². The zero-order valence-electron chi connectivity index (χ0n) is 14.7. The van der Waals surface area contributed by atoms with E-state index in [9.17, 15) is 13.2 Å². The van der Waals surface area contributed by atoms with Crippen LogP contribution in [0.4, 0.5) is 4.79 Å². The molecule has 8 heteroatoms. The maximum atomic E-state index is 12.5. The maximum absolute atomic E-state index is 12.5. The number of hydrogen-bond donors (Lipinski definition) is 1. The van der Waals surface area contributed by atoms with Gasteiger partial charge in [0.25, 0.3) is 0 Å². The number of nitrogens with zero attached hydrogens (tertiary/aromatic N) is 1. The van der Waals surface area contributed by atoms with E-state index >= 15 is 0 Å². The quantitative estimate of drug-likeness (QED) is 0.740. The van der Waals surface area contributed by atoms with Crippen LogP contribution in [0.1, 0.15) is 12.0 Å². The predicted octanol–water partition coefficient (Wildman–Crippen LogP) is 1.08. The molecule has 1 aromatic carbocycles. The van der Waals surface area contributed by atoms with Crippen LogP contribution in [0.25, 0.3) is 0 Å². The molecule has 1 heterocycles. The minimum absolute atomic E-state index is 0.0278. The van der Waals surface area contributed by atoms with Crippen LogP contribution < -0.4 is 10.1 Å². The zero-order chi connectivity index (χ0) is 18.3. The predicted molar refractivity (Wildman–Crippen MR) is 95.7 cm³/mol. The van der Waals surface area contributed by atoms with Crippen LogP contribution in [-0.4, -0.2) is 70.8 Å². The molecule has 2 amide bonds. The SMILES string of the molecule is COCCN(C(=O)NCCc1cccc(OC)c1)C1CCS(=O)(=O)C1. The Morgan fingerprint density at radius 1 is 1.36 bits per heavy atom. The highest BCUT2D eigenvalue weighted by Crippen LogP contribution is 2.18. The lowest BCUT2D eigenvalue weighted by Crippen LogP contribution is -2.48. The molecule has 140 valence electrons. The molecule has 25 heavy (non-hydrogen) atoms. The number of nitrogens with one attached hydrogen (secondary N) is 1. The third-order valence-corrected chi connectivity index (χ3v) is 6.02. The minimum Gasteiger partial charge on any atom is -0.497 e. The highest BCUT2D eigenvalue weighted by Gasteiger charge is 2.34. The molecule has 0 radical (unpaired) electrons. The third-order valence-electron chi connectivity index (χ3n) is 4.27. The normalized spacial score (nSPS) is 18.7. The molecule has 0 bridgehead atoms. The van der Waals surface area contributed by atoms with Crippen molar-refractivity contribution in [2.24, 2.45) is 0 Å². The number of urea groups is 1. The van der Waals surface area contributed by atoms with Crippen LogP contribution in [0.5, 0.6) is 5.75 Å². The fourth-order valence-electron chi connectivity index (χ4n) is 2.90. The second-order valence-electron chi connectivity index (χ2n) is 6.08. The van der Waals surface area contributed by atoms with E-state index in [1.54, 1.807) is 19.1 Å². The lowest BCUT2D eigenvalue weighted by molar-refractivity contribution is 0.134. The first-order chi connectivity index (χ1) is 11.9. The van der Waals surface area contributed by atoms with E-state index in [1.165, 1.54) is 0 Å². The average molecular weight is 370 g/mol. The smallest absolute Gasteiger partial charge is 0.317 e. The summed E-state index contributed by atoms with van der Waals surface area (Å²) in [5.41, 5.74) is 1.06. The Balaban J connectivity index is 1.90. The fraction of sp³-hybridized carbons (Fsp3) is 0.588. The van der Waals surface area contributed by atoms with E-state index in [4.69, 9.17) is 9.47 Å². The summed E-state index contributed by atoms with van der Waals surface area (Å²) in [7, 11) is 0.128. The molecule has 0 aliphatic carbocycles. The van der Waals surface area contributed by atoms with Gasteiger partial charge in [0.1, 0.15) is 5.75 Å². The molecule has 1 atom stereocenters. The van der Waals surface area contributed by atoms with Crippen molar-refractivity contribution >= 4 is 15.9 Å². The first-order valence-corrected chi connectivity index (χ1v) is 10.1. The van der Waals surface area contributed by atoms with Crippen LogP contribution in [0, 0.1) is 0 Å². The van der Waals surface area contributed by atoms with Gasteiger partial charge in [0.2, 0.25) is 0 Å². The van der Waals surface area contributed by atoms with E-state index in [0.717, 1.165) is 11.3 Å². The number of ether oxygens (including phenoxy) is 2. The topological polar surface area (TPSA) is 84.9 Å². The minimum atomic E-state index is -3.05. The molecule has 2 rings (SSSR count). The summed E-state index contributed by atoms with van der Waals surface area (Å²) in [6, 6.07) is 7.15. The van der Waals surface area contributed by atoms with Crippen molar-refractivity contribution in [3.63, 3.8) is 0 Å². The number of carbonyl (C=O) groups excluding carboxylic acids is 1. The fourth-order valence-corrected chi connectivity index (χ4v) is 4.63. The van der Waals surface area contributed by atoms with Crippen LogP contribution in [0.3, 0.4) is 0 Å². The van der Waals surface area contributed by atoms with Crippen LogP contribution in [0.2, 0.25) is 0 Å². The van der Waals surface area contributed by atoms with Crippen molar-refractivity contribution in [1.29, 1.82) is 0 Å². The van der Waals surface area contributed by atoms with Crippen LogP contribution >= 0.6 is 0 Å². The Morgan fingerprint density at radius 3 is 2.80 bits per heavy atom. The standard InChI is InChI=1S/C17H26N2O5S/c1-23-10-9-19(15-7-11-25(21,22)13-15)17(20)18-8-6-14-4-3-5-16(12-14)24-2/h3-5,12,15H,6-11,13H2,1-2H3,(H,18,20). The number of hydrogen-bond acceptors (Lipinski definition) is 5. The number of rotatable bonds is 8. The third kappa shape index (κ3) is 5.89. The van der Waals surface area contributed by atoms with Gasteiger partial charge in [-0.05, 0) is 30.5 Å². The van der Waals surface area contributed by atoms with E-state index in [2.05, 4.69) is 5.32 Å². The summed E-state index contributed by atoms with van der Waals surface area (Å²) in [6.45, 7) is 1.22. The average Bonchev–Trinajstić information content (AvgIpc) is 2.95. The molecule has 1 saturated heterocycles. The van der Waals surface area contributed by atoms with Crippen molar-refractivity contribution in [3.05, 3.63) is 29.8 Å². The molecule has 0 aromatic heterocycles. The number of carbonyl (C=O) groups is 1. The number of methoxy groups -OCH3 is 2. The molecule has 1 aliphatic rings. The molecular formula is C17H26N2O5S. The summed E-state index contributed by atoms with van der Waals surface area (Å²) in [5, 5.41) is 2.88. The van der Waals surface area contributed by atoms with Gasteiger partial charge in [0, 0.05) is 26.2 Å². The van der Waals surface area contributed by atoms with Gasteiger partial charge in [0.05, 0.1) is 25.2 Å². The number of sulfone groups is 1. The maximum Gasteiger partial charge on any atom is 0.317 e. The molecular weight excluding hydrogens is 344 g/mol. The monoisotopic (exact) mass is 370 g/mol. The second kappa shape index (κ2) is 9.05. The van der Waals surface area contributed by atoms with Gasteiger partial charge >= 0.3 is 6.03 Å². The van der Waals surface area contributed by atoms with E-state index in [0.29, 0.717) is 32.5 Å². The Kier molecular flexibility index (Phi) is 7.07. The first kappa shape index (κ1) is 19.5. The van der Waals surface area contributed by atoms with Gasteiger partial charge in [-0.2, -0.15) is 0 Å². The summed E-state index contributed by atoms with van der Waals surface area (Å²) in [4.78, 5) is 14.1. The summed E-state index contributed by atoms with van der Waals surface area (Å²) >= 11 is 0. The molecule has 1 aliphatic heterocycles. The summed E-state index contributed by atoms with van der Waals surface area (Å²) < 4.78 is 33.6. The highest BCUT2D eigenvalue weighted by molar-refractivity contribution is 7.91. The largest absolute Gasteiger partial charge is 0.497 e. The highest BCUT2D eigenvalue weighted by atomic mass is 32.2. The van der Waals surface area contributed by atoms with Gasteiger partial charge in [0.15, 0.2) is 9.84 Å². The van der Waals surface area contributed by atoms with Gasteiger partial charge in [-0.15, -0.1) is 0 Å². The van der Waals surface area contributed by atoms with Crippen molar-refractivity contribution in [2.45, 2.75) is 18.9 Å². The molecule has 1 unspecified atom stereocenters. The molecule has 0 saturated carbocycles. The van der Waals surface area contributed by atoms with Crippen molar-refractivity contribution in [2.75, 3.05) is 45.4 Å². The summed E-state index contributed by atoms with van der Waals surface area (Å²) in [5.74, 6) is 0.944. The Labute approximate surface area is 149 Å².